The lowest BCUT2D eigenvalue weighted by Gasteiger charge is -2.32. The zero-order valence-corrected chi connectivity index (χ0v) is 10.3. The molecule has 0 aromatic rings. The highest BCUT2D eigenvalue weighted by atomic mass is 16.5. The Hall–Kier alpha value is -1.84. The maximum atomic E-state index is 11.3. The van der Waals surface area contributed by atoms with Gasteiger partial charge in [-0.3, -0.25) is 9.69 Å². The SMILES string of the molecule is C=CC(C)(C)C1C=CN(C(=O)OC)C=C1C=O. The van der Waals surface area contributed by atoms with Gasteiger partial charge in [-0.15, -0.1) is 6.58 Å². The van der Waals surface area contributed by atoms with Crippen LogP contribution in [0.15, 0.2) is 36.7 Å². The Kier molecular flexibility index (Phi) is 3.89. The van der Waals surface area contributed by atoms with Crippen molar-refractivity contribution in [1.29, 1.82) is 0 Å². The van der Waals surface area contributed by atoms with Gasteiger partial charge >= 0.3 is 6.09 Å². The molecule has 1 heterocycles. The third kappa shape index (κ3) is 2.64. The highest BCUT2D eigenvalue weighted by Crippen LogP contribution is 2.36. The van der Waals surface area contributed by atoms with Gasteiger partial charge in [-0.25, -0.2) is 4.79 Å². The highest BCUT2D eigenvalue weighted by molar-refractivity contribution is 5.79. The molecule has 1 atom stereocenters. The fraction of sp³-hybridized carbons (Fsp3) is 0.385. The van der Waals surface area contributed by atoms with Crippen LogP contribution in [0.2, 0.25) is 0 Å². The van der Waals surface area contributed by atoms with E-state index in [-0.39, 0.29) is 11.3 Å². The van der Waals surface area contributed by atoms with Gasteiger partial charge in [0, 0.05) is 23.9 Å². The average molecular weight is 235 g/mol. The molecule has 0 bridgehead atoms. The number of nitrogens with zero attached hydrogens (tertiary/aromatic N) is 1. The molecule has 1 amide bonds. The number of amides is 1. The number of carbonyl (C=O) groups excluding carboxylic acids is 2. The molecule has 0 spiro atoms. The molecule has 0 aromatic carbocycles. The summed E-state index contributed by atoms with van der Waals surface area (Å²) in [6.45, 7) is 7.74. The van der Waals surface area contributed by atoms with Crippen molar-refractivity contribution >= 4 is 12.4 Å². The van der Waals surface area contributed by atoms with Crippen LogP contribution in [-0.2, 0) is 9.53 Å². The first-order chi connectivity index (χ1) is 7.96. The molecule has 0 N–H and O–H groups in total. The van der Waals surface area contributed by atoms with Crippen LogP contribution in [0.3, 0.4) is 0 Å². The fourth-order valence-corrected chi connectivity index (χ4v) is 1.70. The second-order valence-corrected chi connectivity index (χ2v) is 4.47. The number of carbonyl (C=O) groups is 2. The molecule has 0 saturated carbocycles. The molecule has 0 fully saturated rings. The molecule has 0 aromatic heterocycles. The van der Waals surface area contributed by atoms with Crippen LogP contribution in [0.5, 0.6) is 0 Å². The lowest BCUT2D eigenvalue weighted by atomic mass is 9.74. The number of hydrogen-bond acceptors (Lipinski definition) is 3. The minimum atomic E-state index is -0.518. The lowest BCUT2D eigenvalue weighted by molar-refractivity contribution is -0.105. The van der Waals surface area contributed by atoms with Crippen LogP contribution in [0.25, 0.3) is 0 Å². The predicted molar refractivity (Wildman–Crippen MR) is 65.0 cm³/mol. The zero-order chi connectivity index (χ0) is 13.1. The van der Waals surface area contributed by atoms with E-state index in [1.807, 2.05) is 19.9 Å². The van der Waals surface area contributed by atoms with Gasteiger partial charge in [0.25, 0.3) is 0 Å². The van der Waals surface area contributed by atoms with Gasteiger partial charge in [0.2, 0.25) is 0 Å². The summed E-state index contributed by atoms with van der Waals surface area (Å²) >= 11 is 0. The van der Waals surface area contributed by atoms with Crippen molar-refractivity contribution in [3.63, 3.8) is 0 Å². The van der Waals surface area contributed by atoms with E-state index >= 15 is 0 Å². The molecule has 0 radical (unpaired) electrons. The minimum Gasteiger partial charge on any atom is -0.452 e. The summed E-state index contributed by atoms with van der Waals surface area (Å²) in [5.74, 6) is -0.0848. The first-order valence-electron chi connectivity index (χ1n) is 5.31. The molecule has 17 heavy (non-hydrogen) atoms. The van der Waals surface area contributed by atoms with Crippen LogP contribution in [0.4, 0.5) is 4.79 Å². The topological polar surface area (TPSA) is 46.6 Å². The van der Waals surface area contributed by atoms with E-state index in [2.05, 4.69) is 11.3 Å². The largest absolute Gasteiger partial charge is 0.452 e. The Bertz CT molecular complexity index is 393. The summed E-state index contributed by atoms with van der Waals surface area (Å²) in [5, 5.41) is 0. The smallest absolute Gasteiger partial charge is 0.417 e. The van der Waals surface area contributed by atoms with Crippen LogP contribution in [0, 0.1) is 11.3 Å². The first kappa shape index (κ1) is 13.2. The summed E-state index contributed by atoms with van der Waals surface area (Å²) in [6.07, 6.45) is 6.95. The van der Waals surface area contributed by atoms with Crippen molar-refractivity contribution in [3.05, 3.63) is 36.7 Å². The number of allylic oxidation sites excluding steroid dienone is 3. The fourth-order valence-electron chi connectivity index (χ4n) is 1.70. The molecular formula is C13H17NO3. The van der Waals surface area contributed by atoms with Gasteiger partial charge < -0.3 is 4.74 Å². The van der Waals surface area contributed by atoms with E-state index in [0.717, 1.165) is 6.29 Å². The Labute approximate surface area is 101 Å². The summed E-state index contributed by atoms with van der Waals surface area (Å²) in [7, 11) is 1.30. The Morgan fingerprint density at radius 1 is 1.59 bits per heavy atom. The van der Waals surface area contributed by atoms with Crippen molar-refractivity contribution in [2.75, 3.05) is 7.11 Å². The summed E-state index contributed by atoms with van der Waals surface area (Å²) in [6, 6.07) is 0. The van der Waals surface area contributed by atoms with Gasteiger partial charge in [0.1, 0.15) is 6.29 Å². The van der Waals surface area contributed by atoms with Crippen molar-refractivity contribution < 1.29 is 14.3 Å². The van der Waals surface area contributed by atoms with Gasteiger partial charge in [0.05, 0.1) is 7.11 Å². The molecule has 92 valence electrons. The standard InChI is InChI=1S/C13H17NO3/c1-5-13(2,3)11-6-7-14(12(16)17-4)8-10(11)9-15/h5-9,11H,1H2,2-4H3. The first-order valence-corrected chi connectivity index (χ1v) is 5.31. The number of aldehydes is 1. The number of ether oxygens (including phenoxy) is 1. The maximum absolute atomic E-state index is 11.3. The number of hydrogen-bond donors (Lipinski definition) is 0. The van der Waals surface area contributed by atoms with E-state index in [1.165, 1.54) is 18.2 Å². The van der Waals surface area contributed by atoms with Crippen LogP contribution < -0.4 is 0 Å². The number of rotatable bonds is 3. The zero-order valence-electron chi connectivity index (χ0n) is 10.3. The molecule has 4 nitrogen and oxygen atoms in total. The molecule has 1 aliphatic heterocycles. The van der Waals surface area contributed by atoms with Gasteiger partial charge in [-0.2, -0.15) is 0 Å². The van der Waals surface area contributed by atoms with E-state index < -0.39 is 6.09 Å². The van der Waals surface area contributed by atoms with Crippen LogP contribution in [0.1, 0.15) is 13.8 Å². The van der Waals surface area contributed by atoms with Crippen LogP contribution >= 0.6 is 0 Å². The van der Waals surface area contributed by atoms with E-state index in [4.69, 9.17) is 0 Å². The van der Waals surface area contributed by atoms with E-state index in [0.29, 0.717) is 5.57 Å². The van der Waals surface area contributed by atoms with Gasteiger partial charge in [-0.1, -0.05) is 26.0 Å². The highest BCUT2D eigenvalue weighted by Gasteiger charge is 2.30. The molecular weight excluding hydrogens is 218 g/mol. The molecule has 1 unspecified atom stereocenters. The molecule has 1 rings (SSSR count). The second kappa shape index (κ2) is 4.99. The average Bonchev–Trinajstić information content (AvgIpc) is 2.36. The maximum Gasteiger partial charge on any atom is 0.417 e. The summed E-state index contributed by atoms with van der Waals surface area (Å²) in [5.41, 5.74) is 0.286. The second-order valence-electron chi connectivity index (χ2n) is 4.47. The summed E-state index contributed by atoms with van der Waals surface area (Å²) < 4.78 is 4.58. The quantitative estimate of drug-likeness (QED) is 0.557. The molecule has 4 heteroatoms. The van der Waals surface area contributed by atoms with Crippen molar-refractivity contribution in [2.24, 2.45) is 11.3 Å². The Morgan fingerprint density at radius 3 is 2.71 bits per heavy atom. The number of methoxy groups -OCH3 is 1. The lowest BCUT2D eigenvalue weighted by Crippen LogP contribution is -2.30. The molecule has 0 aliphatic carbocycles. The Morgan fingerprint density at radius 2 is 2.24 bits per heavy atom. The monoisotopic (exact) mass is 235 g/mol. The van der Waals surface area contributed by atoms with Crippen molar-refractivity contribution in [3.8, 4) is 0 Å². The normalized spacial score (nSPS) is 19.6. The third-order valence-corrected chi connectivity index (χ3v) is 2.94. The third-order valence-electron chi connectivity index (χ3n) is 2.94. The Balaban J connectivity index is 3.03. The van der Waals surface area contributed by atoms with Crippen molar-refractivity contribution in [2.45, 2.75) is 13.8 Å². The molecule has 0 saturated heterocycles. The van der Waals surface area contributed by atoms with Crippen LogP contribution in [-0.4, -0.2) is 24.4 Å². The van der Waals surface area contributed by atoms with Crippen molar-refractivity contribution in [1.82, 2.24) is 4.90 Å². The van der Waals surface area contributed by atoms with E-state index in [1.54, 1.807) is 12.3 Å². The predicted octanol–water partition coefficient (Wildman–Crippen LogP) is 2.49. The van der Waals surface area contributed by atoms with E-state index in [9.17, 15) is 9.59 Å². The summed E-state index contributed by atoms with van der Waals surface area (Å²) in [4.78, 5) is 23.6. The van der Waals surface area contributed by atoms with Gasteiger partial charge in [0.15, 0.2) is 0 Å². The van der Waals surface area contributed by atoms with Gasteiger partial charge in [-0.05, 0) is 5.41 Å². The molecule has 1 aliphatic rings. The minimum absolute atomic E-state index is 0.0848.